The lowest BCUT2D eigenvalue weighted by atomic mass is 9.92. The first-order valence-electron chi connectivity index (χ1n) is 4.25. The van der Waals surface area contributed by atoms with Crippen molar-refractivity contribution in [3.05, 3.63) is 0 Å². The third-order valence-corrected chi connectivity index (χ3v) is 2.11. The Hall–Kier alpha value is -0.880. The van der Waals surface area contributed by atoms with Gasteiger partial charge in [-0.15, -0.1) is 0 Å². The maximum atomic E-state index is 13.3. The zero-order valence-corrected chi connectivity index (χ0v) is 9.02. The molecule has 0 bridgehead atoms. The minimum Gasteiger partial charge on any atom is -0.344 e. The standard InChI is InChI=1S/C7H4F12O/c1-20-3(8,6(15,16)7(17,18)19)2(4(9,10)11)5(12,13)14/h2H,1H3. The molecule has 1 nitrogen and oxygen atoms in total. The summed E-state index contributed by atoms with van der Waals surface area (Å²) in [5.74, 6) is -19.1. The third-order valence-electron chi connectivity index (χ3n) is 2.11. The molecule has 0 aromatic heterocycles. The second-order valence-corrected chi connectivity index (χ2v) is 3.44. The first kappa shape index (κ1) is 19.1. The maximum absolute atomic E-state index is 13.3. The molecule has 13 heteroatoms. The van der Waals surface area contributed by atoms with Gasteiger partial charge in [-0.05, 0) is 0 Å². The highest BCUT2D eigenvalue weighted by Gasteiger charge is 2.83. The molecule has 0 amide bonds. The fraction of sp³-hybridized carbons (Fsp3) is 1.00. The molecule has 0 aliphatic carbocycles. The summed E-state index contributed by atoms with van der Waals surface area (Å²) in [6.45, 7) is 0. The molecule has 0 heterocycles. The van der Waals surface area contributed by atoms with E-state index in [1.165, 1.54) is 0 Å². The van der Waals surface area contributed by atoms with Crippen LogP contribution in [0.3, 0.4) is 0 Å². The van der Waals surface area contributed by atoms with Crippen molar-refractivity contribution in [2.45, 2.75) is 30.3 Å². The Kier molecular flexibility index (Phi) is 4.63. The lowest BCUT2D eigenvalue weighted by Crippen LogP contribution is -2.65. The van der Waals surface area contributed by atoms with Gasteiger partial charge in [-0.1, -0.05) is 0 Å². The van der Waals surface area contributed by atoms with Gasteiger partial charge in [-0.3, -0.25) is 0 Å². The van der Waals surface area contributed by atoms with Crippen LogP contribution in [-0.2, 0) is 4.74 Å². The molecule has 0 saturated heterocycles. The number of hydrogen-bond acceptors (Lipinski definition) is 1. The monoisotopic (exact) mass is 332 g/mol. The molecule has 0 aliphatic rings. The number of ether oxygens (including phenoxy) is 1. The average molecular weight is 332 g/mol. The summed E-state index contributed by atoms with van der Waals surface area (Å²) in [7, 11) is -0.468. The normalized spacial score (nSPS) is 18.3. The zero-order valence-electron chi connectivity index (χ0n) is 9.02. The largest absolute Gasteiger partial charge is 0.459 e. The SMILES string of the molecule is COC(F)(C(C(F)(F)F)C(F)(F)F)C(F)(F)C(F)(F)F. The fourth-order valence-corrected chi connectivity index (χ4v) is 1.23. The molecular formula is C7H4F12O. The van der Waals surface area contributed by atoms with Crippen LogP contribution < -0.4 is 0 Å². The fourth-order valence-electron chi connectivity index (χ4n) is 1.23. The summed E-state index contributed by atoms with van der Waals surface area (Å²) in [6.07, 6.45) is -20.6. The van der Waals surface area contributed by atoms with Crippen LogP contribution in [0.25, 0.3) is 0 Å². The lowest BCUT2D eigenvalue weighted by molar-refractivity contribution is -0.443. The molecule has 1 atom stereocenters. The van der Waals surface area contributed by atoms with Gasteiger partial charge in [0.2, 0.25) is 5.92 Å². The predicted molar refractivity (Wildman–Crippen MR) is 37.5 cm³/mol. The van der Waals surface area contributed by atoms with Crippen LogP contribution in [0.1, 0.15) is 0 Å². The van der Waals surface area contributed by atoms with Crippen LogP contribution in [-0.4, -0.2) is 37.4 Å². The molecule has 0 N–H and O–H groups in total. The summed E-state index contributed by atoms with van der Waals surface area (Å²) in [5.41, 5.74) is 0. The molecule has 0 aromatic carbocycles. The quantitative estimate of drug-likeness (QED) is 0.703. The van der Waals surface area contributed by atoms with Crippen LogP contribution >= 0.6 is 0 Å². The molecule has 0 aromatic rings. The number of rotatable bonds is 3. The second kappa shape index (κ2) is 4.84. The van der Waals surface area contributed by atoms with Crippen molar-refractivity contribution < 1.29 is 57.4 Å². The molecule has 122 valence electrons. The van der Waals surface area contributed by atoms with Crippen molar-refractivity contribution in [1.82, 2.24) is 0 Å². The maximum Gasteiger partial charge on any atom is 0.459 e. The molecule has 0 spiro atoms. The van der Waals surface area contributed by atoms with E-state index in [4.69, 9.17) is 0 Å². The third kappa shape index (κ3) is 3.06. The summed E-state index contributed by atoms with van der Waals surface area (Å²) in [4.78, 5) is 0. The highest BCUT2D eigenvalue weighted by Crippen LogP contribution is 2.57. The van der Waals surface area contributed by atoms with E-state index < -0.39 is 43.3 Å². The van der Waals surface area contributed by atoms with Gasteiger partial charge in [-0.25, -0.2) is 4.39 Å². The number of halogens is 12. The van der Waals surface area contributed by atoms with Crippen molar-refractivity contribution in [3.63, 3.8) is 0 Å². The van der Waals surface area contributed by atoms with Gasteiger partial charge in [-0.2, -0.15) is 48.3 Å². The van der Waals surface area contributed by atoms with Crippen LogP contribution in [0.2, 0.25) is 0 Å². The Morgan fingerprint density at radius 3 is 1.10 bits per heavy atom. The summed E-state index contributed by atoms with van der Waals surface area (Å²) >= 11 is 0. The minimum absolute atomic E-state index is 0.468. The van der Waals surface area contributed by atoms with E-state index in [-0.39, 0.29) is 0 Å². The second-order valence-electron chi connectivity index (χ2n) is 3.44. The number of methoxy groups -OCH3 is 1. The highest BCUT2D eigenvalue weighted by atomic mass is 19.4. The average Bonchev–Trinajstić information content (AvgIpc) is 2.10. The zero-order chi connectivity index (χ0) is 16.8. The van der Waals surface area contributed by atoms with Gasteiger partial charge >= 0.3 is 30.3 Å². The van der Waals surface area contributed by atoms with E-state index in [0.29, 0.717) is 0 Å². The first-order chi connectivity index (χ1) is 8.43. The first-order valence-corrected chi connectivity index (χ1v) is 4.25. The van der Waals surface area contributed by atoms with E-state index in [2.05, 4.69) is 4.74 Å². The molecule has 0 radical (unpaired) electrons. The van der Waals surface area contributed by atoms with Gasteiger partial charge in [0.15, 0.2) is 0 Å². The Bertz CT molecular complexity index is 323. The minimum atomic E-state index is -7.05. The van der Waals surface area contributed by atoms with Crippen LogP contribution in [0.15, 0.2) is 0 Å². The van der Waals surface area contributed by atoms with Gasteiger partial charge in [0, 0.05) is 7.11 Å². The Morgan fingerprint density at radius 1 is 0.650 bits per heavy atom. The van der Waals surface area contributed by atoms with E-state index in [9.17, 15) is 52.7 Å². The van der Waals surface area contributed by atoms with Crippen LogP contribution in [0.5, 0.6) is 0 Å². The Labute approximate surface area is 102 Å². The smallest absolute Gasteiger partial charge is 0.344 e. The Morgan fingerprint density at radius 2 is 0.950 bits per heavy atom. The highest BCUT2D eigenvalue weighted by molar-refractivity contribution is 5.01. The summed E-state index contributed by atoms with van der Waals surface area (Å²) < 4.78 is 149. The van der Waals surface area contributed by atoms with Crippen molar-refractivity contribution in [2.75, 3.05) is 7.11 Å². The number of hydrogen-bond donors (Lipinski definition) is 0. The van der Waals surface area contributed by atoms with Gasteiger partial charge in [0.25, 0.3) is 0 Å². The molecule has 1 unspecified atom stereocenters. The van der Waals surface area contributed by atoms with Crippen LogP contribution in [0, 0.1) is 5.92 Å². The van der Waals surface area contributed by atoms with E-state index in [1.54, 1.807) is 0 Å². The molecular weight excluding hydrogens is 328 g/mol. The van der Waals surface area contributed by atoms with E-state index >= 15 is 0 Å². The van der Waals surface area contributed by atoms with E-state index in [0.717, 1.165) is 0 Å². The molecule has 20 heavy (non-hydrogen) atoms. The van der Waals surface area contributed by atoms with Crippen molar-refractivity contribution >= 4 is 0 Å². The van der Waals surface area contributed by atoms with Crippen molar-refractivity contribution in [3.8, 4) is 0 Å². The summed E-state index contributed by atoms with van der Waals surface area (Å²) in [5, 5.41) is 0. The molecule has 0 saturated carbocycles. The Balaban J connectivity index is 6.20. The van der Waals surface area contributed by atoms with Gasteiger partial charge < -0.3 is 4.74 Å². The van der Waals surface area contributed by atoms with Crippen LogP contribution in [0.4, 0.5) is 52.7 Å². The van der Waals surface area contributed by atoms with E-state index in [1.807, 2.05) is 0 Å². The van der Waals surface area contributed by atoms with Gasteiger partial charge in [0.1, 0.15) is 0 Å². The topological polar surface area (TPSA) is 9.23 Å². The van der Waals surface area contributed by atoms with Crippen molar-refractivity contribution in [2.24, 2.45) is 5.92 Å². The van der Waals surface area contributed by atoms with Gasteiger partial charge in [0.05, 0.1) is 0 Å². The molecule has 0 rings (SSSR count). The lowest BCUT2D eigenvalue weighted by Gasteiger charge is -2.39. The summed E-state index contributed by atoms with van der Waals surface area (Å²) in [6, 6.07) is 0. The molecule has 0 aliphatic heterocycles. The van der Waals surface area contributed by atoms with Crippen molar-refractivity contribution in [1.29, 1.82) is 0 Å². The predicted octanol–water partition coefficient (Wildman–Crippen LogP) is 4.24. The molecule has 0 fully saturated rings. The number of alkyl halides is 12.